The summed E-state index contributed by atoms with van der Waals surface area (Å²) < 4.78 is 0. The van der Waals surface area contributed by atoms with Gasteiger partial charge in [-0.25, -0.2) is 0 Å². The van der Waals surface area contributed by atoms with E-state index >= 15 is 0 Å². The zero-order chi connectivity index (χ0) is 15.1. The van der Waals surface area contributed by atoms with E-state index < -0.39 is 0 Å². The summed E-state index contributed by atoms with van der Waals surface area (Å²) in [6, 6.07) is 10.7. The molecule has 21 heavy (non-hydrogen) atoms. The molecule has 0 radical (unpaired) electrons. The number of benzene rings is 1. The zero-order valence-corrected chi connectivity index (χ0v) is 13.1. The van der Waals surface area contributed by atoms with Crippen LogP contribution < -0.4 is 5.32 Å². The molecule has 2 aliphatic heterocycles. The molecule has 112 valence electrons. The van der Waals surface area contributed by atoms with Crippen LogP contribution in [0.4, 0.5) is 0 Å². The molecule has 3 unspecified atom stereocenters. The third-order valence-electron chi connectivity index (χ3n) is 4.84. The van der Waals surface area contributed by atoms with Crippen LogP contribution in [0.3, 0.4) is 0 Å². The molecule has 1 aromatic carbocycles. The van der Waals surface area contributed by atoms with E-state index in [0.29, 0.717) is 0 Å². The second-order valence-corrected chi connectivity index (χ2v) is 5.88. The SMILES string of the molecule is CCN1C(C)=C(C)C(=O)N2C(C)C(c3ccccc3)NC12. The number of allylic oxidation sites excluding steroid dienone is 1. The van der Waals surface area contributed by atoms with Gasteiger partial charge in [0, 0.05) is 17.8 Å². The summed E-state index contributed by atoms with van der Waals surface area (Å²) in [5.41, 5.74) is 3.17. The largest absolute Gasteiger partial charge is 0.343 e. The van der Waals surface area contributed by atoms with Crippen LogP contribution in [0.5, 0.6) is 0 Å². The number of fused-ring (bicyclic) bond motifs is 1. The van der Waals surface area contributed by atoms with Gasteiger partial charge in [-0.05, 0) is 33.3 Å². The van der Waals surface area contributed by atoms with Gasteiger partial charge in [0.2, 0.25) is 0 Å². The number of carbonyl (C=O) groups excluding carboxylic acids is 1. The van der Waals surface area contributed by atoms with Crippen molar-refractivity contribution in [3.63, 3.8) is 0 Å². The van der Waals surface area contributed by atoms with E-state index in [1.807, 2.05) is 24.8 Å². The zero-order valence-electron chi connectivity index (χ0n) is 13.1. The molecule has 3 atom stereocenters. The number of nitrogens with zero attached hydrogens (tertiary/aromatic N) is 2. The number of carbonyl (C=O) groups is 1. The fraction of sp³-hybridized carbons (Fsp3) is 0.471. The minimum absolute atomic E-state index is 0.0357. The van der Waals surface area contributed by atoms with Crippen LogP contribution >= 0.6 is 0 Å². The highest BCUT2D eigenvalue weighted by molar-refractivity contribution is 5.95. The average Bonchev–Trinajstić information content (AvgIpc) is 2.84. The molecular formula is C17H23N3O. The van der Waals surface area contributed by atoms with Crippen molar-refractivity contribution in [2.24, 2.45) is 0 Å². The molecule has 2 heterocycles. The van der Waals surface area contributed by atoms with Crippen LogP contribution in [0.15, 0.2) is 41.6 Å². The van der Waals surface area contributed by atoms with Gasteiger partial charge in [0.05, 0.1) is 12.1 Å². The highest BCUT2D eigenvalue weighted by atomic mass is 16.2. The lowest BCUT2D eigenvalue weighted by Crippen LogP contribution is -2.56. The van der Waals surface area contributed by atoms with Crippen molar-refractivity contribution in [1.82, 2.24) is 15.1 Å². The Hall–Kier alpha value is -1.81. The van der Waals surface area contributed by atoms with Crippen molar-refractivity contribution in [3.8, 4) is 0 Å². The molecule has 3 rings (SSSR count). The molecule has 2 aliphatic rings. The number of hydrogen-bond donors (Lipinski definition) is 1. The van der Waals surface area contributed by atoms with Crippen LogP contribution in [0.25, 0.3) is 0 Å². The highest BCUT2D eigenvalue weighted by Gasteiger charge is 2.47. The number of hydrogen-bond acceptors (Lipinski definition) is 3. The third kappa shape index (κ3) is 2.05. The van der Waals surface area contributed by atoms with Gasteiger partial charge in [0.15, 0.2) is 6.29 Å². The second kappa shape index (κ2) is 5.19. The van der Waals surface area contributed by atoms with E-state index in [0.717, 1.165) is 17.8 Å². The summed E-state index contributed by atoms with van der Waals surface area (Å²) in [4.78, 5) is 16.9. The Morgan fingerprint density at radius 1 is 1.19 bits per heavy atom. The predicted molar refractivity (Wildman–Crippen MR) is 83.2 cm³/mol. The van der Waals surface area contributed by atoms with Crippen molar-refractivity contribution < 1.29 is 4.79 Å². The molecule has 0 aromatic heterocycles. The molecule has 1 fully saturated rings. The van der Waals surface area contributed by atoms with E-state index in [4.69, 9.17) is 0 Å². The Morgan fingerprint density at radius 2 is 1.86 bits per heavy atom. The first-order chi connectivity index (χ1) is 10.1. The summed E-state index contributed by atoms with van der Waals surface area (Å²) in [5, 5.41) is 3.64. The Morgan fingerprint density at radius 3 is 2.48 bits per heavy atom. The molecule has 1 saturated heterocycles. The molecule has 1 aromatic rings. The molecule has 4 heteroatoms. The monoisotopic (exact) mass is 285 g/mol. The summed E-state index contributed by atoms with van der Waals surface area (Å²) in [6.45, 7) is 9.12. The minimum atomic E-state index is -0.0357. The summed E-state index contributed by atoms with van der Waals surface area (Å²) in [7, 11) is 0. The van der Waals surface area contributed by atoms with E-state index in [1.54, 1.807) is 0 Å². The molecule has 1 amide bonds. The van der Waals surface area contributed by atoms with Crippen LogP contribution in [-0.4, -0.2) is 34.6 Å². The van der Waals surface area contributed by atoms with Crippen molar-refractivity contribution in [3.05, 3.63) is 47.2 Å². The fourth-order valence-electron chi connectivity index (χ4n) is 3.49. The number of rotatable bonds is 2. The predicted octanol–water partition coefficient (Wildman–Crippen LogP) is 2.46. The maximum atomic E-state index is 12.7. The Balaban J connectivity index is 1.98. The van der Waals surface area contributed by atoms with Gasteiger partial charge in [-0.1, -0.05) is 30.3 Å². The topological polar surface area (TPSA) is 35.6 Å². The maximum Gasteiger partial charge on any atom is 0.254 e. The van der Waals surface area contributed by atoms with Crippen molar-refractivity contribution in [1.29, 1.82) is 0 Å². The molecule has 0 spiro atoms. The number of amides is 1. The Bertz CT molecular complexity index is 581. The van der Waals surface area contributed by atoms with Gasteiger partial charge in [-0.2, -0.15) is 0 Å². The lowest BCUT2D eigenvalue weighted by atomic mass is 10.0. The van der Waals surface area contributed by atoms with Crippen molar-refractivity contribution in [2.75, 3.05) is 6.54 Å². The van der Waals surface area contributed by atoms with E-state index in [2.05, 4.69) is 48.3 Å². The third-order valence-corrected chi connectivity index (χ3v) is 4.84. The summed E-state index contributed by atoms with van der Waals surface area (Å²) >= 11 is 0. The van der Waals surface area contributed by atoms with Crippen molar-refractivity contribution >= 4 is 5.91 Å². The van der Waals surface area contributed by atoms with Crippen LogP contribution in [0.2, 0.25) is 0 Å². The van der Waals surface area contributed by atoms with Gasteiger partial charge < -0.3 is 9.80 Å². The molecular weight excluding hydrogens is 262 g/mol. The lowest BCUT2D eigenvalue weighted by Gasteiger charge is -2.42. The first kappa shape index (κ1) is 14.1. The molecule has 1 N–H and O–H groups in total. The second-order valence-electron chi connectivity index (χ2n) is 5.88. The van der Waals surface area contributed by atoms with E-state index in [-0.39, 0.29) is 24.3 Å². The smallest absolute Gasteiger partial charge is 0.254 e. The Labute approximate surface area is 126 Å². The molecule has 0 bridgehead atoms. The molecule has 0 saturated carbocycles. The number of nitrogens with one attached hydrogen (secondary N) is 1. The summed E-state index contributed by atoms with van der Waals surface area (Å²) in [5.74, 6) is 0.153. The van der Waals surface area contributed by atoms with E-state index in [1.165, 1.54) is 5.56 Å². The standard InChI is InChI=1S/C17H23N3O/c1-5-19-12(3)11(2)16(21)20-13(4)15(18-17(19)20)14-9-7-6-8-10-14/h6-10,13,15,17-18H,5H2,1-4H3. The molecule has 0 aliphatic carbocycles. The maximum absolute atomic E-state index is 12.7. The van der Waals surface area contributed by atoms with Crippen LogP contribution in [0, 0.1) is 0 Å². The van der Waals surface area contributed by atoms with E-state index in [9.17, 15) is 4.79 Å². The first-order valence-corrected chi connectivity index (χ1v) is 7.64. The first-order valence-electron chi connectivity index (χ1n) is 7.64. The fourth-order valence-corrected chi connectivity index (χ4v) is 3.49. The normalized spacial score (nSPS) is 29.1. The summed E-state index contributed by atoms with van der Waals surface area (Å²) in [6.07, 6.45) is -0.0357. The van der Waals surface area contributed by atoms with Crippen LogP contribution in [0.1, 0.15) is 39.3 Å². The average molecular weight is 285 g/mol. The highest BCUT2D eigenvalue weighted by Crippen LogP contribution is 2.36. The van der Waals surface area contributed by atoms with Gasteiger partial charge in [-0.15, -0.1) is 0 Å². The van der Waals surface area contributed by atoms with Gasteiger partial charge >= 0.3 is 0 Å². The van der Waals surface area contributed by atoms with Gasteiger partial charge in [0.1, 0.15) is 0 Å². The van der Waals surface area contributed by atoms with Crippen LogP contribution in [-0.2, 0) is 4.79 Å². The lowest BCUT2D eigenvalue weighted by molar-refractivity contribution is -0.135. The minimum Gasteiger partial charge on any atom is -0.343 e. The Kier molecular flexibility index (Phi) is 3.49. The van der Waals surface area contributed by atoms with Gasteiger partial charge in [0.25, 0.3) is 5.91 Å². The molecule has 4 nitrogen and oxygen atoms in total. The van der Waals surface area contributed by atoms with Gasteiger partial charge in [-0.3, -0.25) is 10.1 Å². The quantitative estimate of drug-likeness (QED) is 0.906. The van der Waals surface area contributed by atoms with Crippen molar-refractivity contribution in [2.45, 2.75) is 46.1 Å².